The van der Waals surface area contributed by atoms with E-state index in [9.17, 15) is 4.79 Å². The number of likely N-dealkylation sites (tertiary alicyclic amines) is 1. The topological polar surface area (TPSA) is 23.6 Å². The molecule has 0 bridgehead atoms. The minimum atomic E-state index is -0.124. The van der Waals surface area contributed by atoms with Crippen molar-refractivity contribution in [3.63, 3.8) is 0 Å². The number of carbonyl (C=O) groups is 1. The highest BCUT2D eigenvalue weighted by Gasteiger charge is 2.61. The van der Waals surface area contributed by atoms with Gasteiger partial charge in [0.05, 0.1) is 0 Å². The molecule has 2 aliphatic rings. The fraction of sp³-hybridized carbons (Fsp3) is 0.611. The van der Waals surface area contributed by atoms with Crippen LogP contribution in [0.15, 0.2) is 24.3 Å². The van der Waals surface area contributed by atoms with E-state index in [1.807, 2.05) is 16.8 Å². The van der Waals surface area contributed by atoms with E-state index in [1.54, 1.807) is 0 Å². The van der Waals surface area contributed by atoms with Crippen LogP contribution in [0.3, 0.4) is 0 Å². The van der Waals surface area contributed by atoms with Crippen LogP contribution in [-0.2, 0) is 5.41 Å². The summed E-state index contributed by atoms with van der Waals surface area (Å²) in [7, 11) is 1.91. The predicted octanol–water partition coefficient (Wildman–Crippen LogP) is 3.42. The first-order chi connectivity index (χ1) is 9.74. The highest BCUT2D eigenvalue weighted by molar-refractivity contribution is 5.76. The summed E-state index contributed by atoms with van der Waals surface area (Å²) in [6.07, 6.45) is 1.24. The Kier molecular flexibility index (Phi) is 3.09. The Morgan fingerprint density at radius 1 is 1.29 bits per heavy atom. The molecule has 114 valence electrons. The molecule has 0 spiro atoms. The van der Waals surface area contributed by atoms with Crippen LogP contribution in [-0.4, -0.2) is 41.5 Å². The van der Waals surface area contributed by atoms with Crippen LogP contribution in [0.2, 0.25) is 0 Å². The minimum absolute atomic E-state index is 0.124. The summed E-state index contributed by atoms with van der Waals surface area (Å²) >= 11 is 0. The molecule has 3 nitrogen and oxygen atoms in total. The maximum Gasteiger partial charge on any atom is 0.320 e. The average molecular weight is 286 g/mol. The molecule has 2 amide bonds. The second-order valence-corrected chi connectivity index (χ2v) is 7.82. The van der Waals surface area contributed by atoms with E-state index in [0.717, 1.165) is 13.1 Å². The molecular formula is C18H26N2O. The molecule has 2 fully saturated rings. The highest BCUT2D eigenvalue weighted by Crippen LogP contribution is 2.59. The molecule has 1 saturated heterocycles. The predicted molar refractivity (Wildman–Crippen MR) is 85.4 cm³/mol. The molecule has 1 aliphatic heterocycles. The first-order valence-electron chi connectivity index (χ1n) is 7.84. The molecule has 1 aliphatic carbocycles. The second-order valence-electron chi connectivity index (χ2n) is 7.82. The van der Waals surface area contributed by atoms with Crippen LogP contribution >= 0.6 is 0 Å². The lowest BCUT2D eigenvalue weighted by Gasteiger charge is -2.36. The summed E-state index contributed by atoms with van der Waals surface area (Å²) < 4.78 is 0. The number of nitrogens with zero attached hydrogens (tertiary/aromatic N) is 2. The largest absolute Gasteiger partial charge is 0.323 e. The molecular weight excluding hydrogens is 260 g/mol. The van der Waals surface area contributed by atoms with Gasteiger partial charge < -0.3 is 9.80 Å². The number of amides is 2. The molecule has 0 radical (unpaired) electrons. The fourth-order valence-corrected chi connectivity index (χ4v) is 3.46. The van der Waals surface area contributed by atoms with Crippen LogP contribution in [0, 0.1) is 12.8 Å². The Hall–Kier alpha value is -1.51. The van der Waals surface area contributed by atoms with Crippen LogP contribution < -0.4 is 0 Å². The van der Waals surface area contributed by atoms with Gasteiger partial charge in [0.2, 0.25) is 0 Å². The summed E-state index contributed by atoms with van der Waals surface area (Å²) in [4.78, 5) is 16.5. The average Bonchev–Trinajstić information content (AvgIpc) is 2.99. The first kappa shape index (κ1) is 14.4. The highest BCUT2D eigenvalue weighted by atomic mass is 16.2. The van der Waals surface area contributed by atoms with Gasteiger partial charge in [-0.25, -0.2) is 4.79 Å². The molecule has 2 unspecified atom stereocenters. The molecule has 1 heterocycles. The Morgan fingerprint density at radius 3 is 2.48 bits per heavy atom. The molecule has 1 aromatic carbocycles. The molecule has 1 aromatic rings. The van der Waals surface area contributed by atoms with Crippen molar-refractivity contribution in [1.29, 1.82) is 0 Å². The summed E-state index contributed by atoms with van der Waals surface area (Å²) in [5, 5.41) is 0. The van der Waals surface area contributed by atoms with E-state index in [2.05, 4.69) is 52.0 Å². The number of carbonyl (C=O) groups excluding carboxylic acids is 1. The van der Waals surface area contributed by atoms with Crippen LogP contribution in [0.1, 0.15) is 38.3 Å². The van der Waals surface area contributed by atoms with Crippen molar-refractivity contribution in [1.82, 2.24) is 9.80 Å². The Labute approximate surface area is 127 Å². The number of piperidine rings is 1. The van der Waals surface area contributed by atoms with Gasteiger partial charge in [-0.15, -0.1) is 0 Å². The molecule has 0 N–H and O–H groups in total. The van der Waals surface area contributed by atoms with Gasteiger partial charge in [-0.1, -0.05) is 29.8 Å². The van der Waals surface area contributed by atoms with Gasteiger partial charge in [0.15, 0.2) is 0 Å². The molecule has 3 rings (SSSR count). The summed E-state index contributed by atoms with van der Waals surface area (Å²) in [5.74, 6) is 0.650. The Balaban J connectivity index is 1.75. The van der Waals surface area contributed by atoms with Crippen molar-refractivity contribution in [2.24, 2.45) is 5.92 Å². The van der Waals surface area contributed by atoms with Crippen LogP contribution in [0.5, 0.6) is 0 Å². The Morgan fingerprint density at radius 2 is 1.90 bits per heavy atom. The quantitative estimate of drug-likeness (QED) is 0.776. The number of urea groups is 1. The lowest BCUT2D eigenvalue weighted by molar-refractivity contribution is 0.129. The van der Waals surface area contributed by atoms with Crippen LogP contribution in [0.4, 0.5) is 4.79 Å². The lowest BCUT2D eigenvalue weighted by Crippen LogP contribution is -2.49. The number of aryl methyl sites for hydroxylation is 1. The number of fused-ring (bicyclic) bond motifs is 1. The van der Waals surface area contributed by atoms with E-state index < -0.39 is 0 Å². The number of rotatable bonds is 1. The molecule has 3 heteroatoms. The smallest absolute Gasteiger partial charge is 0.320 e. The van der Waals surface area contributed by atoms with E-state index >= 15 is 0 Å². The number of benzene rings is 1. The normalized spacial score (nSPS) is 27.5. The van der Waals surface area contributed by atoms with E-state index in [4.69, 9.17) is 0 Å². The third kappa shape index (κ3) is 2.33. The van der Waals surface area contributed by atoms with Gasteiger partial charge in [-0.3, -0.25) is 0 Å². The SMILES string of the molecule is Cc1ccc(C23CC2CN(C(=O)N(C)C(C)(C)C)C3)cc1. The van der Waals surface area contributed by atoms with Gasteiger partial charge in [0.1, 0.15) is 0 Å². The summed E-state index contributed by atoms with van der Waals surface area (Å²) in [6, 6.07) is 9.03. The summed E-state index contributed by atoms with van der Waals surface area (Å²) in [6.45, 7) is 10.1. The number of hydrogen-bond acceptors (Lipinski definition) is 1. The van der Waals surface area contributed by atoms with E-state index in [0.29, 0.717) is 5.92 Å². The summed E-state index contributed by atoms with van der Waals surface area (Å²) in [5.41, 5.74) is 2.82. The maximum absolute atomic E-state index is 12.6. The zero-order chi connectivity index (χ0) is 15.4. The van der Waals surface area contributed by atoms with Crippen molar-refractivity contribution in [2.75, 3.05) is 20.1 Å². The fourth-order valence-electron chi connectivity index (χ4n) is 3.46. The minimum Gasteiger partial charge on any atom is -0.323 e. The van der Waals surface area contributed by atoms with E-state index in [1.165, 1.54) is 17.5 Å². The maximum atomic E-state index is 12.6. The Bertz CT molecular complexity index is 558. The first-order valence-corrected chi connectivity index (χ1v) is 7.84. The van der Waals surface area contributed by atoms with E-state index in [-0.39, 0.29) is 17.0 Å². The molecule has 21 heavy (non-hydrogen) atoms. The monoisotopic (exact) mass is 286 g/mol. The van der Waals surface area contributed by atoms with Crippen molar-refractivity contribution >= 4 is 6.03 Å². The third-order valence-corrected chi connectivity index (χ3v) is 5.34. The van der Waals surface area contributed by atoms with Crippen molar-refractivity contribution in [3.8, 4) is 0 Å². The van der Waals surface area contributed by atoms with Gasteiger partial charge >= 0.3 is 6.03 Å². The second kappa shape index (κ2) is 4.49. The molecule has 2 atom stereocenters. The third-order valence-electron chi connectivity index (χ3n) is 5.34. The zero-order valence-corrected chi connectivity index (χ0v) is 13.8. The standard InChI is InChI=1S/C18H26N2O/c1-13-6-8-14(9-7-13)18-10-15(18)11-20(12-18)16(21)19(5)17(2,3)4/h6-9,15H,10-12H2,1-5H3. The van der Waals surface area contributed by atoms with Crippen molar-refractivity contribution in [2.45, 2.75) is 45.1 Å². The van der Waals surface area contributed by atoms with Crippen molar-refractivity contribution in [3.05, 3.63) is 35.4 Å². The zero-order valence-electron chi connectivity index (χ0n) is 13.8. The van der Waals surface area contributed by atoms with Crippen molar-refractivity contribution < 1.29 is 4.79 Å². The van der Waals surface area contributed by atoms with Crippen LogP contribution in [0.25, 0.3) is 0 Å². The molecule has 1 saturated carbocycles. The van der Waals surface area contributed by atoms with Gasteiger partial charge in [0.25, 0.3) is 0 Å². The number of hydrogen-bond donors (Lipinski definition) is 0. The lowest BCUT2D eigenvalue weighted by atomic mass is 9.94. The van der Waals surface area contributed by atoms with Gasteiger partial charge in [-0.05, 0) is 45.6 Å². The molecule has 0 aromatic heterocycles. The van der Waals surface area contributed by atoms with Gasteiger partial charge in [0, 0.05) is 31.1 Å². The van der Waals surface area contributed by atoms with Gasteiger partial charge in [-0.2, -0.15) is 0 Å².